The third-order valence-corrected chi connectivity index (χ3v) is 8.95. The number of unbranched alkanes of at least 4 members (excludes halogenated alkanes) is 8. The molecule has 0 spiro atoms. The Balaban J connectivity index is 4.27. The summed E-state index contributed by atoms with van der Waals surface area (Å²) >= 11 is 0. The molecule has 0 amide bonds. The first-order valence-corrected chi connectivity index (χ1v) is 22.2. The molecule has 3 N–H and O–H groups in total. The Bertz CT molecular complexity index is 1220. The molecule has 9 nitrogen and oxygen atoms in total. The molecule has 0 aliphatic carbocycles. The molecule has 10 heteroatoms. The van der Waals surface area contributed by atoms with E-state index in [9.17, 15) is 19.0 Å². The van der Waals surface area contributed by atoms with Gasteiger partial charge in [0.2, 0.25) is 0 Å². The van der Waals surface area contributed by atoms with Crippen LogP contribution in [0.2, 0.25) is 0 Å². The standard InChI is InChI=1S/C45H74NO8P/c1-3-5-7-9-11-13-15-17-18-19-20-21-22-23-24-26-28-30-32-34-36-38-45(48)54-43(42-53-55(49,50)52-40-39-46)41-51-44(47)37-35-33-31-29-27-25-16-14-12-10-8-6-4-2/h5-8,11-14,17-18,20-21,23-25,27,43H,3-4,9-10,15-16,19,22,26,28-42,46H2,1-2H3,(H,49,50)/b7-5-,8-6-,13-11-,14-12-,18-17-,21-20-,24-23-,27-25-. The number of ether oxygens (including phenoxy) is 2. The summed E-state index contributed by atoms with van der Waals surface area (Å²) in [6.07, 6.45) is 51.5. The predicted octanol–water partition coefficient (Wildman–Crippen LogP) is 11.8. The molecule has 2 atom stereocenters. The Morgan fingerprint density at radius 2 is 0.945 bits per heavy atom. The van der Waals surface area contributed by atoms with Crippen LogP contribution in [0.4, 0.5) is 0 Å². The van der Waals surface area contributed by atoms with E-state index in [2.05, 4.69) is 111 Å². The summed E-state index contributed by atoms with van der Waals surface area (Å²) in [7, 11) is -4.39. The zero-order valence-corrected chi connectivity index (χ0v) is 35.0. The van der Waals surface area contributed by atoms with E-state index in [1.165, 1.54) is 0 Å². The van der Waals surface area contributed by atoms with E-state index in [0.717, 1.165) is 103 Å². The largest absolute Gasteiger partial charge is 0.472 e. The van der Waals surface area contributed by atoms with Gasteiger partial charge in [-0.1, -0.05) is 137 Å². The maximum absolute atomic E-state index is 12.6. The van der Waals surface area contributed by atoms with Gasteiger partial charge in [-0.25, -0.2) is 4.57 Å². The minimum Gasteiger partial charge on any atom is -0.462 e. The first-order valence-electron chi connectivity index (χ1n) is 20.7. The molecule has 0 aromatic carbocycles. The highest BCUT2D eigenvalue weighted by Gasteiger charge is 2.25. The van der Waals surface area contributed by atoms with Gasteiger partial charge in [-0.3, -0.25) is 18.6 Å². The molecule has 0 heterocycles. The maximum atomic E-state index is 12.6. The molecule has 0 fully saturated rings. The Labute approximate surface area is 334 Å². The van der Waals surface area contributed by atoms with Gasteiger partial charge in [0.05, 0.1) is 13.2 Å². The van der Waals surface area contributed by atoms with E-state index in [1.807, 2.05) is 0 Å². The van der Waals surface area contributed by atoms with Crippen LogP contribution >= 0.6 is 7.82 Å². The smallest absolute Gasteiger partial charge is 0.462 e. The SMILES string of the molecule is CC/C=C\C/C=C\C/C=C\C/C=C\C/C=C\CCCCCCCC(=O)OC(COC(=O)CCCCC/C=C\C/C=C\C/C=C\CC)COP(=O)(O)OCCN. The first-order chi connectivity index (χ1) is 26.8. The van der Waals surface area contributed by atoms with Crippen molar-refractivity contribution >= 4 is 19.8 Å². The highest BCUT2D eigenvalue weighted by molar-refractivity contribution is 7.47. The van der Waals surface area contributed by atoms with Crippen LogP contribution in [0.25, 0.3) is 0 Å². The Hall–Kier alpha value is -3.07. The van der Waals surface area contributed by atoms with Crippen molar-refractivity contribution in [2.45, 2.75) is 148 Å². The van der Waals surface area contributed by atoms with Crippen molar-refractivity contribution in [2.75, 3.05) is 26.4 Å². The number of phosphoric ester groups is 1. The number of hydrogen-bond acceptors (Lipinski definition) is 8. The lowest BCUT2D eigenvalue weighted by atomic mass is 10.1. The molecule has 0 aliphatic rings. The van der Waals surface area contributed by atoms with E-state index in [1.54, 1.807) is 0 Å². The van der Waals surface area contributed by atoms with Gasteiger partial charge in [0.25, 0.3) is 0 Å². The van der Waals surface area contributed by atoms with Gasteiger partial charge in [-0.05, 0) is 89.9 Å². The van der Waals surface area contributed by atoms with Crippen molar-refractivity contribution in [3.05, 3.63) is 97.2 Å². The zero-order valence-electron chi connectivity index (χ0n) is 34.1. The zero-order chi connectivity index (χ0) is 40.3. The number of allylic oxidation sites excluding steroid dienone is 16. The Kier molecular flexibility index (Phi) is 38.3. The minimum absolute atomic E-state index is 0.0398. The van der Waals surface area contributed by atoms with Gasteiger partial charge in [0.1, 0.15) is 6.61 Å². The number of rotatable bonds is 37. The number of hydrogen-bond donors (Lipinski definition) is 2. The van der Waals surface area contributed by atoms with Crippen molar-refractivity contribution < 1.29 is 37.6 Å². The molecule has 0 aromatic rings. The minimum atomic E-state index is -4.39. The second-order valence-electron chi connectivity index (χ2n) is 13.1. The number of nitrogens with two attached hydrogens (primary N) is 1. The predicted molar refractivity (Wildman–Crippen MR) is 228 cm³/mol. The van der Waals surface area contributed by atoms with Crippen molar-refractivity contribution in [1.29, 1.82) is 0 Å². The Morgan fingerprint density at radius 1 is 0.545 bits per heavy atom. The lowest BCUT2D eigenvalue weighted by molar-refractivity contribution is -0.161. The highest BCUT2D eigenvalue weighted by atomic mass is 31.2. The van der Waals surface area contributed by atoms with Crippen LogP contribution in [0.15, 0.2) is 97.2 Å². The normalized spacial score (nSPS) is 14.3. The number of esters is 2. The van der Waals surface area contributed by atoms with Crippen molar-refractivity contribution in [3.8, 4) is 0 Å². The molecular formula is C45H74NO8P. The fourth-order valence-corrected chi connectivity index (χ4v) is 5.73. The average Bonchev–Trinajstić information content (AvgIpc) is 3.17. The number of phosphoric acid groups is 1. The Morgan fingerprint density at radius 3 is 1.42 bits per heavy atom. The summed E-state index contributed by atoms with van der Waals surface area (Å²) in [6, 6.07) is 0. The monoisotopic (exact) mass is 788 g/mol. The summed E-state index contributed by atoms with van der Waals surface area (Å²) in [5.74, 6) is -0.897. The topological polar surface area (TPSA) is 134 Å². The van der Waals surface area contributed by atoms with E-state index in [0.29, 0.717) is 12.8 Å². The third kappa shape index (κ3) is 40.4. The lowest BCUT2D eigenvalue weighted by Crippen LogP contribution is -2.29. The van der Waals surface area contributed by atoms with Crippen LogP contribution in [0.3, 0.4) is 0 Å². The number of carbonyl (C=O) groups is 2. The third-order valence-electron chi connectivity index (χ3n) is 7.97. The van der Waals surface area contributed by atoms with E-state index in [4.69, 9.17) is 24.3 Å². The lowest BCUT2D eigenvalue weighted by Gasteiger charge is -2.19. The molecular weight excluding hydrogens is 713 g/mol. The van der Waals surface area contributed by atoms with Gasteiger partial charge in [0.15, 0.2) is 6.10 Å². The molecule has 0 saturated heterocycles. The molecule has 0 saturated carbocycles. The second kappa shape index (κ2) is 40.6. The van der Waals surface area contributed by atoms with Crippen LogP contribution in [0.1, 0.15) is 142 Å². The summed E-state index contributed by atoms with van der Waals surface area (Å²) in [4.78, 5) is 34.8. The summed E-state index contributed by atoms with van der Waals surface area (Å²) < 4.78 is 32.7. The van der Waals surface area contributed by atoms with E-state index in [-0.39, 0.29) is 32.6 Å². The van der Waals surface area contributed by atoms with Gasteiger partial charge < -0.3 is 20.1 Å². The van der Waals surface area contributed by atoms with Crippen LogP contribution in [0.5, 0.6) is 0 Å². The molecule has 2 unspecified atom stereocenters. The van der Waals surface area contributed by atoms with Gasteiger partial charge in [0, 0.05) is 19.4 Å². The molecule has 0 rings (SSSR count). The first kappa shape index (κ1) is 51.9. The highest BCUT2D eigenvalue weighted by Crippen LogP contribution is 2.43. The summed E-state index contributed by atoms with van der Waals surface area (Å²) in [5.41, 5.74) is 5.34. The summed E-state index contributed by atoms with van der Waals surface area (Å²) in [6.45, 7) is 3.41. The second-order valence-corrected chi connectivity index (χ2v) is 14.5. The van der Waals surface area contributed by atoms with Crippen LogP contribution in [-0.4, -0.2) is 49.3 Å². The fraction of sp³-hybridized carbons (Fsp3) is 0.600. The van der Waals surface area contributed by atoms with E-state index < -0.39 is 32.5 Å². The molecule has 0 bridgehead atoms. The molecule has 0 aliphatic heterocycles. The fourth-order valence-electron chi connectivity index (χ4n) is 4.97. The van der Waals surface area contributed by atoms with Crippen molar-refractivity contribution in [3.63, 3.8) is 0 Å². The van der Waals surface area contributed by atoms with Crippen molar-refractivity contribution in [2.24, 2.45) is 5.73 Å². The number of carbonyl (C=O) groups excluding carboxylic acids is 2. The molecule has 312 valence electrons. The average molecular weight is 788 g/mol. The van der Waals surface area contributed by atoms with Gasteiger partial charge in [-0.15, -0.1) is 0 Å². The molecule has 0 aromatic heterocycles. The quantitative estimate of drug-likeness (QED) is 0.0273. The van der Waals surface area contributed by atoms with Crippen LogP contribution in [0, 0.1) is 0 Å². The summed E-state index contributed by atoms with van der Waals surface area (Å²) in [5, 5.41) is 0. The van der Waals surface area contributed by atoms with Crippen LogP contribution in [-0.2, 0) is 32.7 Å². The molecule has 0 radical (unpaired) electrons. The van der Waals surface area contributed by atoms with Crippen LogP contribution < -0.4 is 5.73 Å². The molecule has 55 heavy (non-hydrogen) atoms. The van der Waals surface area contributed by atoms with Crippen molar-refractivity contribution in [1.82, 2.24) is 0 Å². The maximum Gasteiger partial charge on any atom is 0.472 e. The van der Waals surface area contributed by atoms with Gasteiger partial charge >= 0.3 is 19.8 Å². The van der Waals surface area contributed by atoms with Gasteiger partial charge in [-0.2, -0.15) is 0 Å². The van der Waals surface area contributed by atoms with E-state index >= 15 is 0 Å².